The van der Waals surface area contributed by atoms with Crippen LogP contribution in [0.2, 0.25) is 5.02 Å². The highest BCUT2D eigenvalue weighted by Gasteiger charge is 2.28. The van der Waals surface area contributed by atoms with Crippen molar-refractivity contribution in [1.29, 1.82) is 0 Å². The van der Waals surface area contributed by atoms with Crippen molar-refractivity contribution in [3.8, 4) is 11.1 Å². The number of fused-ring (bicyclic) bond motifs is 1. The summed E-state index contributed by atoms with van der Waals surface area (Å²) in [5.41, 5.74) is 3.59. The molecule has 0 radical (unpaired) electrons. The van der Waals surface area contributed by atoms with Crippen LogP contribution in [0.15, 0.2) is 12.4 Å². The number of halogens is 1. The molecule has 1 saturated heterocycles. The van der Waals surface area contributed by atoms with Gasteiger partial charge in [-0.25, -0.2) is 4.98 Å². The van der Waals surface area contributed by atoms with Crippen LogP contribution >= 0.6 is 22.9 Å². The molecule has 0 N–H and O–H groups in total. The van der Waals surface area contributed by atoms with E-state index in [4.69, 9.17) is 11.6 Å². The Balaban J connectivity index is 1.90. The van der Waals surface area contributed by atoms with Crippen LogP contribution in [0, 0.1) is 13.8 Å². The van der Waals surface area contributed by atoms with E-state index in [1.165, 1.54) is 11.3 Å². The number of aromatic nitrogens is 3. The SMILES string of the molecule is Cc1nc2sc(C(=O)N3CCCN(C)CC3)c(-c3cnn(C)c3)c2c(C)c1Cl. The molecule has 4 rings (SSSR count). The summed E-state index contributed by atoms with van der Waals surface area (Å²) in [5.74, 6) is 0.0744. The third kappa shape index (κ3) is 3.32. The van der Waals surface area contributed by atoms with Crippen LogP contribution in [-0.4, -0.2) is 63.7 Å². The van der Waals surface area contributed by atoms with E-state index in [-0.39, 0.29) is 5.91 Å². The quantitative estimate of drug-likeness (QED) is 0.637. The Hall–Kier alpha value is -1.96. The molecule has 1 fully saturated rings. The lowest BCUT2D eigenvalue weighted by Gasteiger charge is -2.20. The van der Waals surface area contributed by atoms with E-state index in [1.54, 1.807) is 4.68 Å². The molecule has 0 spiro atoms. The zero-order valence-electron chi connectivity index (χ0n) is 16.6. The summed E-state index contributed by atoms with van der Waals surface area (Å²) in [7, 11) is 3.99. The molecule has 0 atom stereocenters. The van der Waals surface area contributed by atoms with Gasteiger partial charge >= 0.3 is 0 Å². The molecule has 3 aromatic heterocycles. The smallest absolute Gasteiger partial charge is 0.264 e. The highest BCUT2D eigenvalue weighted by molar-refractivity contribution is 7.21. The first-order valence-corrected chi connectivity index (χ1v) is 10.6. The Bertz CT molecular complexity index is 1060. The lowest BCUT2D eigenvalue weighted by Crippen LogP contribution is -2.34. The van der Waals surface area contributed by atoms with Gasteiger partial charge in [0.05, 0.1) is 16.9 Å². The maximum Gasteiger partial charge on any atom is 0.264 e. The predicted octanol–water partition coefficient (Wildman–Crippen LogP) is 3.74. The van der Waals surface area contributed by atoms with Crippen molar-refractivity contribution in [2.24, 2.45) is 7.05 Å². The number of pyridine rings is 1. The standard InChI is InChI=1S/C20H24ClN5OS/c1-12-15-16(14-10-22-25(4)11-14)18(28-19(15)23-13(2)17(12)21)20(27)26-7-5-6-24(3)8-9-26/h10-11H,5-9H2,1-4H3. The van der Waals surface area contributed by atoms with E-state index in [0.717, 1.165) is 70.1 Å². The van der Waals surface area contributed by atoms with Gasteiger partial charge in [-0.05, 0) is 39.4 Å². The summed E-state index contributed by atoms with van der Waals surface area (Å²) in [5, 5.41) is 5.94. The van der Waals surface area contributed by atoms with Crippen molar-refractivity contribution in [3.05, 3.63) is 33.6 Å². The number of thiophene rings is 1. The molecule has 1 aliphatic heterocycles. The van der Waals surface area contributed by atoms with Gasteiger partial charge in [-0.2, -0.15) is 5.10 Å². The Morgan fingerprint density at radius 2 is 1.96 bits per heavy atom. The molecule has 1 aliphatic rings. The summed E-state index contributed by atoms with van der Waals surface area (Å²) in [6.07, 6.45) is 4.74. The van der Waals surface area contributed by atoms with E-state index in [2.05, 4.69) is 22.0 Å². The Kier molecular flexibility index (Phi) is 5.16. The van der Waals surface area contributed by atoms with E-state index >= 15 is 0 Å². The zero-order valence-corrected chi connectivity index (χ0v) is 18.2. The van der Waals surface area contributed by atoms with E-state index < -0.39 is 0 Å². The van der Waals surface area contributed by atoms with Gasteiger partial charge in [0.2, 0.25) is 0 Å². The van der Waals surface area contributed by atoms with Crippen molar-refractivity contribution < 1.29 is 4.79 Å². The van der Waals surface area contributed by atoms with Gasteiger partial charge in [0.25, 0.3) is 5.91 Å². The molecule has 0 aliphatic carbocycles. The van der Waals surface area contributed by atoms with Crippen molar-refractivity contribution >= 4 is 39.1 Å². The minimum atomic E-state index is 0.0744. The molecule has 0 aromatic carbocycles. The van der Waals surface area contributed by atoms with Crippen molar-refractivity contribution in [2.75, 3.05) is 33.2 Å². The van der Waals surface area contributed by atoms with Crippen LogP contribution in [0.4, 0.5) is 0 Å². The molecule has 0 saturated carbocycles. The number of rotatable bonds is 2. The van der Waals surface area contributed by atoms with Crippen molar-refractivity contribution in [2.45, 2.75) is 20.3 Å². The minimum Gasteiger partial charge on any atom is -0.337 e. The third-order valence-electron chi connectivity index (χ3n) is 5.38. The van der Waals surface area contributed by atoms with Crippen molar-refractivity contribution in [3.63, 3.8) is 0 Å². The average Bonchev–Trinajstić information content (AvgIpc) is 3.18. The second kappa shape index (κ2) is 7.46. The Morgan fingerprint density at radius 1 is 1.18 bits per heavy atom. The molecule has 0 bridgehead atoms. The number of amides is 1. The van der Waals surface area contributed by atoms with E-state index in [1.807, 2.05) is 38.2 Å². The summed E-state index contributed by atoms with van der Waals surface area (Å²) < 4.78 is 1.76. The second-order valence-corrected chi connectivity index (χ2v) is 8.85. The average molecular weight is 418 g/mol. The van der Waals surface area contributed by atoms with Crippen LogP contribution in [0.25, 0.3) is 21.3 Å². The van der Waals surface area contributed by atoms with Gasteiger partial charge in [-0.1, -0.05) is 11.6 Å². The van der Waals surface area contributed by atoms with Crippen LogP contribution in [0.1, 0.15) is 27.3 Å². The molecule has 28 heavy (non-hydrogen) atoms. The molecule has 3 aromatic rings. The van der Waals surface area contributed by atoms with Crippen LogP contribution < -0.4 is 0 Å². The molecular formula is C20H24ClN5OS. The molecule has 0 unspecified atom stereocenters. The number of carbonyl (C=O) groups is 1. The third-order valence-corrected chi connectivity index (χ3v) is 7.00. The molecule has 148 valence electrons. The van der Waals surface area contributed by atoms with Gasteiger partial charge in [-0.3, -0.25) is 9.48 Å². The first-order valence-electron chi connectivity index (χ1n) is 9.43. The summed E-state index contributed by atoms with van der Waals surface area (Å²) in [4.78, 5) is 24.1. The number of aryl methyl sites for hydroxylation is 3. The molecule has 8 heteroatoms. The summed E-state index contributed by atoms with van der Waals surface area (Å²) in [6.45, 7) is 7.33. The van der Waals surface area contributed by atoms with Gasteiger partial charge in [-0.15, -0.1) is 11.3 Å². The normalized spacial score (nSPS) is 16.0. The number of likely N-dealkylation sites (N-methyl/N-ethyl adjacent to an activating group) is 1. The fourth-order valence-corrected chi connectivity index (χ4v) is 5.21. The molecule has 6 nitrogen and oxygen atoms in total. The Labute approximate surface area is 173 Å². The maximum absolute atomic E-state index is 13.5. The first-order chi connectivity index (χ1) is 13.4. The van der Waals surface area contributed by atoms with Crippen LogP contribution in [-0.2, 0) is 7.05 Å². The topological polar surface area (TPSA) is 54.3 Å². The fourth-order valence-electron chi connectivity index (χ4n) is 3.80. The monoisotopic (exact) mass is 417 g/mol. The highest BCUT2D eigenvalue weighted by atomic mass is 35.5. The van der Waals surface area contributed by atoms with Crippen LogP contribution in [0.5, 0.6) is 0 Å². The highest BCUT2D eigenvalue weighted by Crippen LogP contribution is 2.42. The number of hydrogen-bond donors (Lipinski definition) is 0. The minimum absolute atomic E-state index is 0.0744. The zero-order chi connectivity index (χ0) is 20.0. The number of nitrogens with zero attached hydrogens (tertiary/aromatic N) is 5. The van der Waals surface area contributed by atoms with Gasteiger partial charge in [0.15, 0.2) is 0 Å². The largest absolute Gasteiger partial charge is 0.337 e. The summed E-state index contributed by atoms with van der Waals surface area (Å²) in [6, 6.07) is 0. The molecular weight excluding hydrogens is 394 g/mol. The van der Waals surface area contributed by atoms with Gasteiger partial charge < -0.3 is 9.80 Å². The molecule has 1 amide bonds. The molecule has 4 heterocycles. The predicted molar refractivity (Wildman–Crippen MR) is 114 cm³/mol. The van der Waals surface area contributed by atoms with Gasteiger partial charge in [0, 0.05) is 49.4 Å². The number of hydrogen-bond acceptors (Lipinski definition) is 5. The lowest BCUT2D eigenvalue weighted by molar-refractivity contribution is 0.0768. The number of carbonyl (C=O) groups excluding carboxylic acids is 1. The Morgan fingerprint density at radius 3 is 2.68 bits per heavy atom. The van der Waals surface area contributed by atoms with E-state index in [9.17, 15) is 4.79 Å². The summed E-state index contributed by atoms with van der Waals surface area (Å²) >= 11 is 7.98. The van der Waals surface area contributed by atoms with Gasteiger partial charge in [0.1, 0.15) is 9.71 Å². The maximum atomic E-state index is 13.5. The van der Waals surface area contributed by atoms with E-state index in [0.29, 0.717) is 5.02 Å². The first kappa shape index (κ1) is 19.4. The van der Waals surface area contributed by atoms with Crippen molar-refractivity contribution in [1.82, 2.24) is 24.6 Å². The second-order valence-electron chi connectivity index (χ2n) is 7.47. The van der Waals surface area contributed by atoms with Crippen LogP contribution in [0.3, 0.4) is 0 Å². The fraction of sp³-hybridized carbons (Fsp3) is 0.450. The lowest BCUT2D eigenvalue weighted by atomic mass is 10.0.